The number of hydrogen-bond donors (Lipinski definition) is 0. The van der Waals surface area contributed by atoms with Gasteiger partial charge in [0.25, 0.3) is 5.54 Å². The summed E-state index contributed by atoms with van der Waals surface area (Å²) in [6.07, 6.45) is -0.165. The third-order valence-electron chi connectivity index (χ3n) is 4.18. The third kappa shape index (κ3) is 3.01. The summed E-state index contributed by atoms with van der Waals surface area (Å²) < 4.78 is 10.2. The molecule has 1 unspecified atom stereocenters. The SMILES string of the molecule is CCOC(=O)C1(C(=O)OCC)C(c2ccccc2)CC(=O)N1C(C)=O. The molecular weight excluding hydrogens is 326 g/mol. The third-order valence-corrected chi connectivity index (χ3v) is 4.18. The van der Waals surface area contributed by atoms with E-state index < -0.39 is 35.2 Å². The summed E-state index contributed by atoms with van der Waals surface area (Å²) in [7, 11) is 0. The molecule has 1 fully saturated rings. The maximum atomic E-state index is 12.9. The van der Waals surface area contributed by atoms with Crippen molar-refractivity contribution in [2.45, 2.75) is 38.6 Å². The van der Waals surface area contributed by atoms with Crippen LogP contribution in [-0.2, 0) is 28.7 Å². The van der Waals surface area contributed by atoms with Crippen LogP contribution in [0.1, 0.15) is 38.7 Å². The van der Waals surface area contributed by atoms with Gasteiger partial charge in [-0.15, -0.1) is 0 Å². The first-order chi connectivity index (χ1) is 11.9. The minimum atomic E-state index is -2.14. The van der Waals surface area contributed by atoms with Gasteiger partial charge >= 0.3 is 11.9 Å². The fraction of sp³-hybridized carbons (Fsp3) is 0.444. The van der Waals surface area contributed by atoms with Gasteiger partial charge in [-0.2, -0.15) is 0 Å². The van der Waals surface area contributed by atoms with E-state index in [4.69, 9.17) is 9.47 Å². The number of esters is 2. The zero-order valence-electron chi connectivity index (χ0n) is 14.5. The molecule has 2 amide bonds. The number of likely N-dealkylation sites (tertiary alicyclic amines) is 1. The van der Waals surface area contributed by atoms with Crippen LogP contribution in [-0.4, -0.2) is 47.4 Å². The molecule has 1 saturated heterocycles. The van der Waals surface area contributed by atoms with Crippen molar-refractivity contribution in [1.82, 2.24) is 4.90 Å². The maximum Gasteiger partial charge on any atom is 0.345 e. The minimum Gasteiger partial charge on any atom is -0.464 e. The second kappa shape index (κ2) is 7.46. The Morgan fingerprint density at radius 3 is 2.04 bits per heavy atom. The van der Waals surface area contributed by atoms with Crippen molar-refractivity contribution in [2.24, 2.45) is 0 Å². The van der Waals surface area contributed by atoms with Crippen LogP contribution in [0.25, 0.3) is 0 Å². The van der Waals surface area contributed by atoms with Gasteiger partial charge in [0.05, 0.1) is 13.2 Å². The van der Waals surface area contributed by atoms with Crippen LogP contribution in [0.2, 0.25) is 0 Å². The molecule has 25 heavy (non-hydrogen) atoms. The van der Waals surface area contributed by atoms with Gasteiger partial charge in [0, 0.05) is 19.3 Å². The zero-order chi connectivity index (χ0) is 18.6. The lowest BCUT2D eigenvalue weighted by Gasteiger charge is -2.35. The summed E-state index contributed by atoms with van der Waals surface area (Å²) in [5, 5.41) is 0. The van der Waals surface area contributed by atoms with Crippen molar-refractivity contribution in [1.29, 1.82) is 0 Å². The predicted molar refractivity (Wildman–Crippen MR) is 87.3 cm³/mol. The highest BCUT2D eigenvalue weighted by Crippen LogP contribution is 2.45. The van der Waals surface area contributed by atoms with Gasteiger partial charge in [0.2, 0.25) is 11.8 Å². The summed E-state index contributed by atoms with van der Waals surface area (Å²) in [5.41, 5.74) is -1.56. The molecule has 1 aliphatic rings. The Kier molecular flexibility index (Phi) is 5.56. The summed E-state index contributed by atoms with van der Waals surface area (Å²) in [6.45, 7) is 4.31. The van der Waals surface area contributed by atoms with Crippen molar-refractivity contribution in [3.63, 3.8) is 0 Å². The number of benzene rings is 1. The van der Waals surface area contributed by atoms with Crippen LogP contribution in [0.3, 0.4) is 0 Å². The lowest BCUT2D eigenvalue weighted by Crippen LogP contribution is -2.62. The van der Waals surface area contributed by atoms with Crippen molar-refractivity contribution in [2.75, 3.05) is 13.2 Å². The van der Waals surface area contributed by atoms with E-state index in [0.717, 1.165) is 6.92 Å². The molecule has 7 heteroatoms. The number of hydrogen-bond acceptors (Lipinski definition) is 6. The first-order valence-corrected chi connectivity index (χ1v) is 8.14. The summed E-state index contributed by atoms with van der Waals surface area (Å²) in [5.74, 6) is -4.10. The monoisotopic (exact) mass is 347 g/mol. The van der Waals surface area contributed by atoms with Gasteiger partial charge in [0.1, 0.15) is 0 Å². The van der Waals surface area contributed by atoms with Gasteiger partial charge in [0.15, 0.2) is 0 Å². The van der Waals surface area contributed by atoms with Gasteiger partial charge in [-0.25, -0.2) is 9.59 Å². The van der Waals surface area contributed by atoms with E-state index >= 15 is 0 Å². The Balaban J connectivity index is 2.71. The lowest BCUT2D eigenvalue weighted by molar-refractivity contribution is -0.179. The molecular formula is C18H21NO6. The van der Waals surface area contributed by atoms with Crippen LogP contribution in [0.4, 0.5) is 0 Å². The molecule has 2 rings (SSSR count). The van der Waals surface area contributed by atoms with Crippen LogP contribution in [0, 0.1) is 0 Å². The largest absolute Gasteiger partial charge is 0.464 e. The average Bonchev–Trinajstić information content (AvgIpc) is 2.90. The highest BCUT2D eigenvalue weighted by Gasteiger charge is 2.67. The van der Waals surface area contributed by atoms with Gasteiger partial charge in [-0.3, -0.25) is 14.5 Å². The predicted octanol–water partition coefficient (Wildman–Crippen LogP) is 1.41. The maximum absolute atomic E-state index is 12.9. The van der Waals surface area contributed by atoms with Gasteiger partial charge < -0.3 is 9.47 Å². The molecule has 0 saturated carbocycles. The van der Waals surface area contributed by atoms with Crippen LogP contribution in [0.5, 0.6) is 0 Å². The number of nitrogens with zero attached hydrogens (tertiary/aromatic N) is 1. The van der Waals surface area contributed by atoms with Gasteiger partial charge in [-0.1, -0.05) is 30.3 Å². The molecule has 0 aliphatic carbocycles. The van der Waals surface area contributed by atoms with E-state index in [0.29, 0.717) is 10.5 Å². The summed E-state index contributed by atoms with van der Waals surface area (Å²) >= 11 is 0. The molecule has 7 nitrogen and oxygen atoms in total. The fourth-order valence-electron chi connectivity index (χ4n) is 3.27. The molecule has 0 N–H and O–H groups in total. The second-order valence-corrected chi connectivity index (χ2v) is 5.62. The van der Waals surface area contributed by atoms with E-state index in [9.17, 15) is 19.2 Å². The molecule has 1 aliphatic heterocycles. The molecule has 0 aromatic heterocycles. The van der Waals surface area contributed by atoms with E-state index in [-0.39, 0.29) is 19.6 Å². The van der Waals surface area contributed by atoms with Crippen LogP contribution < -0.4 is 0 Å². The summed E-state index contributed by atoms with van der Waals surface area (Å²) in [4.78, 5) is 51.1. The Hall–Kier alpha value is -2.70. The van der Waals surface area contributed by atoms with Crippen molar-refractivity contribution < 1.29 is 28.7 Å². The Morgan fingerprint density at radius 1 is 1.08 bits per heavy atom. The van der Waals surface area contributed by atoms with Crippen LogP contribution >= 0.6 is 0 Å². The molecule has 1 aromatic carbocycles. The van der Waals surface area contributed by atoms with Crippen molar-refractivity contribution >= 4 is 23.8 Å². The number of carbonyl (C=O) groups is 4. The molecule has 0 radical (unpaired) electrons. The van der Waals surface area contributed by atoms with Crippen LogP contribution in [0.15, 0.2) is 30.3 Å². The van der Waals surface area contributed by atoms with Gasteiger partial charge in [-0.05, 0) is 19.4 Å². The zero-order valence-corrected chi connectivity index (χ0v) is 14.5. The standard InChI is InChI=1S/C18H21NO6/c1-4-24-16(22)18(17(23)25-5-2)14(13-9-7-6-8-10-13)11-15(21)19(18)12(3)20/h6-10,14H,4-5,11H2,1-3H3. The summed E-state index contributed by atoms with van der Waals surface area (Å²) in [6, 6.07) is 8.65. The Labute approximate surface area is 145 Å². The highest BCUT2D eigenvalue weighted by atomic mass is 16.6. The fourth-order valence-corrected chi connectivity index (χ4v) is 3.27. The molecule has 1 aromatic rings. The topological polar surface area (TPSA) is 90.0 Å². The van der Waals surface area contributed by atoms with E-state index in [1.165, 1.54) is 0 Å². The Bertz CT molecular complexity index is 666. The number of rotatable bonds is 5. The van der Waals surface area contributed by atoms with Crippen molar-refractivity contribution in [3.8, 4) is 0 Å². The smallest absolute Gasteiger partial charge is 0.345 e. The van der Waals surface area contributed by atoms with E-state index in [1.807, 2.05) is 0 Å². The highest BCUT2D eigenvalue weighted by molar-refractivity contribution is 6.16. The Morgan fingerprint density at radius 2 is 1.60 bits per heavy atom. The normalized spacial score (nSPS) is 18.8. The van der Waals surface area contributed by atoms with E-state index in [1.54, 1.807) is 44.2 Å². The molecule has 1 heterocycles. The first kappa shape index (κ1) is 18.6. The number of imide groups is 1. The quantitative estimate of drug-likeness (QED) is 0.591. The molecule has 0 spiro atoms. The number of carbonyl (C=O) groups excluding carboxylic acids is 4. The van der Waals surface area contributed by atoms with Crippen molar-refractivity contribution in [3.05, 3.63) is 35.9 Å². The number of ether oxygens (including phenoxy) is 2. The second-order valence-electron chi connectivity index (χ2n) is 5.62. The first-order valence-electron chi connectivity index (χ1n) is 8.14. The average molecular weight is 347 g/mol. The number of amides is 2. The minimum absolute atomic E-state index is 0.00142. The molecule has 134 valence electrons. The molecule has 1 atom stereocenters. The van der Waals surface area contributed by atoms with E-state index in [2.05, 4.69) is 0 Å². The molecule has 0 bridgehead atoms. The lowest BCUT2D eigenvalue weighted by atomic mass is 9.79.